The molecule has 0 unspecified atom stereocenters. The van der Waals surface area contributed by atoms with Crippen molar-refractivity contribution in [1.29, 1.82) is 0 Å². The van der Waals surface area contributed by atoms with E-state index in [9.17, 15) is 4.57 Å². The van der Waals surface area contributed by atoms with Gasteiger partial charge in [-0.05, 0) is 0 Å². The molecule has 0 aromatic carbocycles. The molecular formula is C2H8ClO4PS. The maximum Gasteiger partial charge on any atom is 0.480 e. The van der Waals surface area contributed by atoms with Crippen LogP contribution in [0.3, 0.4) is 0 Å². The van der Waals surface area contributed by atoms with Crippen LogP contribution in [0.15, 0.2) is 0 Å². The van der Waals surface area contributed by atoms with Gasteiger partial charge in [0.1, 0.15) is 0 Å². The summed E-state index contributed by atoms with van der Waals surface area (Å²) in [5.74, 6) is 0.533. The van der Waals surface area contributed by atoms with E-state index >= 15 is 0 Å². The molecule has 0 aliphatic rings. The second-order valence-corrected chi connectivity index (χ2v) is 3.36. The quantitative estimate of drug-likeness (QED) is 0.522. The topological polar surface area (TPSA) is 66.8 Å². The summed E-state index contributed by atoms with van der Waals surface area (Å²) in [6, 6.07) is 0. The fourth-order valence-electron chi connectivity index (χ4n) is 0.121. The highest BCUT2D eigenvalue weighted by Crippen LogP contribution is 2.40. The lowest BCUT2D eigenvalue weighted by atomic mass is 11.0. The van der Waals surface area contributed by atoms with Gasteiger partial charge in [0.05, 0.1) is 0 Å². The third-order valence-electron chi connectivity index (χ3n) is 0.268. The van der Waals surface area contributed by atoms with Gasteiger partial charge < -0.3 is 9.79 Å². The fourth-order valence-corrected chi connectivity index (χ4v) is 1.09. The van der Waals surface area contributed by atoms with Crippen molar-refractivity contribution in [1.82, 2.24) is 0 Å². The summed E-state index contributed by atoms with van der Waals surface area (Å²) in [5, 5.41) is 0. The third-order valence-corrected chi connectivity index (χ3v) is 1.70. The first-order valence-electron chi connectivity index (χ1n) is 1.93. The summed E-state index contributed by atoms with van der Waals surface area (Å²) >= 11 is 0.752. The van der Waals surface area contributed by atoms with Crippen molar-refractivity contribution in [3.63, 3.8) is 0 Å². The second-order valence-electron chi connectivity index (χ2n) is 0.972. The smallest absolute Gasteiger partial charge is 0.302 e. The maximum atomic E-state index is 9.84. The summed E-state index contributed by atoms with van der Waals surface area (Å²) in [4.78, 5) is 16.0. The molecule has 0 aliphatic carbocycles. The Balaban J connectivity index is 0. The summed E-state index contributed by atoms with van der Waals surface area (Å²) in [7, 11) is -4.22. The van der Waals surface area contributed by atoms with Gasteiger partial charge in [-0.15, -0.1) is 12.4 Å². The van der Waals surface area contributed by atoms with Gasteiger partial charge in [0.2, 0.25) is 0 Å². The summed E-state index contributed by atoms with van der Waals surface area (Å²) in [5.41, 5.74) is 0. The average Bonchev–Trinajstić information content (AvgIpc) is 1.59. The molecule has 0 aromatic rings. The molecule has 2 N–H and O–H groups in total. The number of phosphoric acid groups is 1. The van der Waals surface area contributed by atoms with E-state index in [1.807, 2.05) is 0 Å². The molecule has 0 atom stereocenters. The molecule has 0 amide bonds. The van der Waals surface area contributed by atoms with Crippen molar-refractivity contribution in [3.05, 3.63) is 0 Å². The molecule has 0 saturated carbocycles. The molecule has 0 fully saturated rings. The molecular weight excluding hydrogens is 187 g/mol. The zero-order valence-electron chi connectivity index (χ0n) is 4.68. The Morgan fingerprint density at radius 1 is 1.67 bits per heavy atom. The van der Waals surface area contributed by atoms with E-state index in [2.05, 4.69) is 3.97 Å². The van der Waals surface area contributed by atoms with E-state index in [0.717, 1.165) is 12.0 Å². The molecule has 0 heterocycles. The van der Waals surface area contributed by atoms with Gasteiger partial charge in [-0.1, -0.05) is 6.92 Å². The van der Waals surface area contributed by atoms with Crippen LogP contribution in [0.25, 0.3) is 0 Å². The van der Waals surface area contributed by atoms with Gasteiger partial charge in [-0.2, -0.15) is 0 Å². The van der Waals surface area contributed by atoms with Crippen molar-refractivity contribution in [2.24, 2.45) is 0 Å². The minimum Gasteiger partial charge on any atom is -0.302 e. The van der Waals surface area contributed by atoms with Crippen LogP contribution in [0.1, 0.15) is 6.92 Å². The zero-order valence-corrected chi connectivity index (χ0v) is 7.21. The predicted molar refractivity (Wildman–Crippen MR) is 38.5 cm³/mol. The van der Waals surface area contributed by atoms with Gasteiger partial charge in [0.25, 0.3) is 0 Å². The predicted octanol–water partition coefficient (Wildman–Crippen LogP) is 1.19. The average molecular weight is 195 g/mol. The van der Waals surface area contributed by atoms with Gasteiger partial charge in [0, 0.05) is 17.8 Å². The van der Waals surface area contributed by atoms with Gasteiger partial charge >= 0.3 is 7.82 Å². The molecule has 0 aliphatic heterocycles. The fraction of sp³-hybridized carbons (Fsp3) is 1.00. The standard InChI is InChI=1S/C2H7O4PS.ClH/c1-2-8-6-7(3,4)5;/h2H2,1H3,(H2,3,4,5);1H. The molecule has 0 saturated heterocycles. The normalized spacial score (nSPS) is 10.6. The van der Waals surface area contributed by atoms with Gasteiger partial charge in [-0.3, -0.25) is 0 Å². The number of hydrogen-bond acceptors (Lipinski definition) is 3. The molecule has 0 rings (SSSR count). The Labute approximate surface area is 63.8 Å². The minimum atomic E-state index is -4.22. The van der Waals surface area contributed by atoms with E-state index in [0.29, 0.717) is 5.75 Å². The molecule has 0 aromatic heterocycles. The Morgan fingerprint density at radius 3 is 2.22 bits per heavy atom. The summed E-state index contributed by atoms with van der Waals surface area (Å²) in [6.45, 7) is 1.74. The van der Waals surface area contributed by atoms with Gasteiger partial charge in [-0.25, -0.2) is 8.54 Å². The highest BCUT2D eigenvalue weighted by Gasteiger charge is 2.12. The van der Waals surface area contributed by atoms with E-state index in [1.165, 1.54) is 0 Å². The van der Waals surface area contributed by atoms with Crippen LogP contribution in [0, 0.1) is 0 Å². The third kappa shape index (κ3) is 12.1. The van der Waals surface area contributed by atoms with Crippen molar-refractivity contribution >= 4 is 32.3 Å². The monoisotopic (exact) mass is 194 g/mol. The first kappa shape index (κ1) is 12.4. The van der Waals surface area contributed by atoms with Crippen LogP contribution in [0.4, 0.5) is 0 Å². The largest absolute Gasteiger partial charge is 0.480 e. The summed E-state index contributed by atoms with van der Waals surface area (Å²) < 4.78 is 13.8. The molecule has 58 valence electrons. The van der Waals surface area contributed by atoms with E-state index in [-0.39, 0.29) is 12.4 Å². The second kappa shape index (κ2) is 5.53. The van der Waals surface area contributed by atoms with E-state index in [4.69, 9.17) is 9.79 Å². The lowest BCUT2D eigenvalue weighted by Gasteiger charge is -1.98. The Hall–Kier alpha value is 0.750. The Morgan fingerprint density at radius 2 is 2.11 bits per heavy atom. The van der Waals surface area contributed by atoms with Crippen molar-refractivity contribution in [3.8, 4) is 0 Å². The molecule has 4 nitrogen and oxygen atoms in total. The van der Waals surface area contributed by atoms with Crippen molar-refractivity contribution in [2.75, 3.05) is 5.75 Å². The lowest BCUT2D eigenvalue weighted by molar-refractivity contribution is 0.298. The molecule has 0 radical (unpaired) electrons. The number of halogens is 1. The van der Waals surface area contributed by atoms with E-state index in [1.54, 1.807) is 6.92 Å². The SMILES string of the molecule is CCSOP(=O)(O)O.Cl. The minimum absolute atomic E-state index is 0. The highest BCUT2D eigenvalue weighted by molar-refractivity contribution is 7.97. The van der Waals surface area contributed by atoms with Crippen LogP contribution in [-0.4, -0.2) is 15.5 Å². The van der Waals surface area contributed by atoms with E-state index < -0.39 is 7.82 Å². The molecule has 7 heteroatoms. The highest BCUT2D eigenvalue weighted by atomic mass is 35.5. The summed E-state index contributed by atoms with van der Waals surface area (Å²) in [6.07, 6.45) is 0. The molecule has 0 bridgehead atoms. The number of rotatable bonds is 3. The van der Waals surface area contributed by atoms with Crippen LogP contribution >= 0.6 is 32.3 Å². The maximum absolute atomic E-state index is 9.84. The van der Waals surface area contributed by atoms with Crippen molar-refractivity contribution < 1.29 is 18.3 Å². The van der Waals surface area contributed by atoms with Crippen LogP contribution in [0.5, 0.6) is 0 Å². The Kier molecular flexibility index (Phi) is 7.63. The lowest BCUT2D eigenvalue weighted by Crippen LogP contribution is -1.77. The first-order chi connectivity index (χ1) is 3.56. The first-order valence-corrected chi connectivity index (χ1v) is 4.37. The van der Waals surface area contributed by atoms with Gasteiger partial charge in [0.15, 0.2) is 0 Å². The number of hydrogen-bond donors (Lipinski definition) is 2. The van der Waals surface area contributed by atoms with Crippen LogP contribution < -0.4 is 0 Å². The van der Waals surface area contributed by atoms with Crippen LogP contribution in [0.2, 0.25) is 0 Å². The van der Waals surface area contributed by atoms with Crippen molar-refractivity contribution in [2.45, 2.75) is 6.92 Å². The zero-order chi connectivity index (χ0) is 6.62. The molecule has 9 heavy (non-hydrogen) atoms. The molecule has 0 spiro atoms. The van der Waals surface area contributed by atoms with Crippen LogP contribution in [-0.2, 0) is 8.54 Å². The Bertz CT molecular complexity index is 103.